The smallest absolute Gasteiger partial charge is 0.102 e. The SMILES string of the molecule is CC(=O)[O-].CCCCCCC[NH+]1C=CC(CCCC)=C1. The van der Waals surface area contributed by atoms with E-state index in [0.717, 1.165) is 6.92 Å². The molecule has 3 nitrogen and oxygen atoms in total. The maximum atomic E-state index is 8.89. The highest BCUT2D eigenvalue weighted by Gasteiger charge is 2.09. The Hall–Kier alpha value is -1.09. The number of carbonyl (C=O) groups is 1. The first-order valence-corrected chi connectivity index (χ1v) is 8.02. The molecular formula is C17H31NO2. The van der Waals surface area contributed by atoms with Gasteiger partial charge < -0.3 is 9.90 Å². The molecule has 1 aliphatic rings. The zero-order chi connectivity index (χ0) is 15.2. The maximum Gasteiger partial charge on any atom is 0.102 e. The zero-order valence-electron chi connectivity index (χ0n) is 13.4. The van der Waals surface area contributed by atoms with Gasteiger partial charge in [0.2, 0.25) is 0 Å². The molecule has 0 aromatic heterocycles. The van der Waals surface area contributed by atoms with Crippen LogP contribution < -0.4 is 10.0 Å². The lowest BCUT2D eigenvalue weighted by Crippen LogP contribution is -3.01. The van der Waals surface area contributed by atoms with E-state index < -0.39 is 5.97 Å². The lowest BCUT2D eigenvalue weighted by atomic mass is 10.1. The van der Waals surface area contributed by atoms with Gasteiger partial charge in [0, 0.05) is 17.6 Å². The molecule has 1 unspecified atom stereocenters. The summed E-state index contributed by atoms with van der Waals surface area (Å²) < 4.78 is 0. The van der Waals surface area contributed by atoms with Crippen molar-refractivity contribution in [2.45, 2.75) is 72.1 Å². The summed E-state index contributed by atoms with van der Waals surface area (Å²) in [6.07, 6.45) is 17.9. The molecule has 1 N–H and O–H groups in total. The lowest BCUT2D eigenvalue weighted by molar-refractivity contribution is -0.788. The van der Waals surface area contributed by atoms with Crippen LogP contribution in [0.3, 0.4) is 0 Å². The Morgan fingerprint density at radius 1 is 1.10 bits per heavy atom. The Bertz CT molecular complexity index is 304. The van der Waals surface area contributed by atoms with Crippen molar-refractivity contribution >= 4 is 5.97 Å². The Kier molecular flexibility index (Phi) is 12.2. The van der Waals surface area contributed by atoms with E-state index in [0.29, 0.717) is 0 Å². The molecule has 1 atom stereocenters. The summed E-state index contributed by atoms with van der Waals surface area (Å²) in [7, 11) is 0. The Balaban J connectivity index is 0.000000796. The van der Waals surface area contributed by atoms with Crippen molar-refractivity contribution < 1.29 is 14.8 Å². The van der Waals surface area contributed by atoms with Crippen LogP contribution >= 0.6 is 0 Å². The monoisotopic (exact) mass is 281 g/mol. The number of rotatable bonds is 9. The van der Waals surface area contributed by atoms with Crippen LogP contribution in [0.25, 0.3) is 0 Å². The van der Waals surface area contributed by atoms with Gasteiger partial charge >= 0.3 is 0 Å². The van der Waals surface area contributed by atoms with Crippen molar-refractivity contribution in [2.75, 3.05) is 6.54 Å². The number of hydrogen-bond donors (Lipinski definition) is 1. The number of carboxylic acid groups (broad SMARTS) is 1. The first-order chi connectivity index (χ1) is 9.60. The predicted molar refractivity (Wildman–Crippen MR) is 82.0 cm³/mol. The molecule has 1 heterocycles. The van der Waals surface area contributed by atoms with E-state index in [1.54, 1.807) is 10.5 Å². The van der Waals surface area contributed by atoms with Crippen molar-refractivity contribution in [1.82, 2.24) is 0 Å². The topological polar surface area (TPSA) is 44.6 Å². The molecular weight excluding hydrogens is 250 g/mol. The number of quaternary nitrogens is 1. The minimum atomic E-state index is -1.08. The average molecular weight is 281 g/mol. The Labute approximate surface area is 124 Å². The normalized spacial score (nSPS) is 16.6. The second-order valence-electron chi connectivity index (χ2n) is 5.39. The third kappa shape index (κ3) is 12.0. The van der Waals surface area contributed by atoms with E-state index in [1.165, 1.54) is 57.9 Å². The molecule has 1 aliphatic heterocycles. The number of aliphatic carboxylic acids is 1. The molecule has 0 aromatic carbocycles. The second kappa shape index (κ2) is 12.9. The summed E-state index contributed by atoms with van der Waals surface area (Å²) in [6.45, 7) is 6.80. The van der Waals surface area contributed by atoms with Crippen LogP contribution in [0.2, 0.25) is 0 Å². The largest absolute Gasteiger partial charge is 0.550 e. The third-order valence-corrected chi connectivity index (χ3v) is 3.27. The van der Waals surface area contributed by atoms with Gasteiger partial charge in [-0.25, -0.2) is 0 Å². The fraction of sp³-hybridized carbons (Fsp3) is 0.706. The fourth-order valence-electron chi connectivity index (χ4n) is 2.17. The van der Waals surface area contributed by atoms with Crippen LogP contribution in [0, 0.1) is 0 Å². The van der Waals surface area contributed by atoms with Crippen LogP contribution in [0.4, 0.5) is 0 Å². The summed E-state index contributed by atoms with van der Waals surface area (Å²) in [5.41, 5.74) is 1.55. The van der Waals surface area contributed by atoms with Crippen LogP contribution in [0.5, 0.6) is 0 Å². The molecule has 0 saturated heterocycles. The van der Waals surface area contributed by atoms with Gasteiger partial charge in [0.25, 0.3) is 0 Å². The summed E-state index contributed by atoms with van der Waals surface area (Å²) in [6, 6.07) is 0. The molecule has 0 radical (unpaired) electrons. The Morgan fingerprint density at radius 3 is 2.30 bits per heavy atom. The molecule has 116 valence electrons. The van der Waals surface area contributed by atoms with E-state index in [2.05, 4.69) is 32.3 Å². The average Bonchev–Trinajstić information content (AvgIpc) is 2.83. The van der Waals surface area contributed by atoms with E-state index >= 15 is 0 Å². The van der Waals surface area contributed by atoms with Crippen LogP contribution in [-0.4, -0.2) is 12.5 Å². The maximum absolute atomic E-state index is 8.89. The van der Waals surface area contributed by atoms with Crippen molar-refractivity contribution in [3.05, 3.63) is 24.0 Å². The van der Waals surface area contributed by atoms with Gasteiger partial charge in [-0.15, -0.1) is 0 Å². The van der Waals surface area contributed by atoms with Crippen LogP contribution in [0.15, 0.2) is 24.0 Å². The molecule has 0 saturated carbocycles. The molecule has 1 rings (SSSR count). The second-order valence-corrected chi connectivity index (χ2v) is 5.39. The first-order valence-electron chi connectivity index (χ1n) is 8.02. The fourth-order valence-corrected chi connectivity index (χ4v) is 2.17. The standard InChI is InChI=1S/C15H27N.C2H4O2/c1-3-5-7-8-9-12-16-13-11-15(14-16)10-6-4-2;1-2(3)4/h11,13-14H,3-10,12H2,1-2H3;1H3,(H,3,4). The van der Waals surface area contributed by atoms with E-state index in [1.807, 2.05) is 0 Å². The first kappa shape index (κ1) is 18.9. The number of unbranched alkanes of at least 4 members (excludes halogenated alkanes) is 5. The van der Waals surface area contributed by atoms with Gasteiger partial charge in [-0.1, -0.05) is 39.5 Å². The highest BCUT2D eigenvalue weighted by atomic mass is 16.4. The highest BCUT2D eigenvalue weighted by Crippen LogP contribution is 2.09. The van der Waals surface area contributed by atoms with E-state index in [-0.39, 0.29) is 0 Å². The summed E-state index contributed by atoms with van der Waals surface area (Å²) >= 11 is 0. The molecule has 0 spiro atoms. The molecule has 0 amide bonds. The minimum absolute atomic E-state index is 0.972. The van der Waals surface area contributed by atoms with Gasteiger partial charge in [0.1, 0.15) is 6.20 Å². The van der Waals surface area contributed by atoms with Crippen molar-refractivity contribution in [3.8, 4) is 0 Å². The third-order valence-electron chi connectivity index (χ3n) is 3.27. The molecule has 0 fully saturated rings. The lowest BCUT2D eigenvalue weighted by Gasteiger charge is -2.06. The number of allylic oxidation sites excluding steroid dienone is 2. The number of carboxylic acids is 1. The van der Waals surface area contributed by atoms with Gasteiger partial charge in [0.15, 0.2) is 0 Å². The number of carbonyl (C=O) groups excluding carboxylic acids is 1. The van der Waals surface area contributed by atoms with E-state index in [4.69, 9.17) is 9.90 Å². The molecule has 0 bridgehead atoms. The molecule has 3 heteroatoms. The van der Waals surface area contributed by atoms with E-state index in [9.17, 15) is 0 Å². The zero-order valence-corrected chi connectivity index (χ0v) is 13.4. The molecule has 0 aromatic rings. The van der Waals surface area contributed by atoms with Crippen molar-refractivity contribution in [3.63, 3.8) is 0 Å². The minimum Gasteiger partial charge on any atom is -0.550 e. The highest BCUT2D eigenvalue weighted by molar-refractivity contribution is 5.60. The van der Waals surface area contributed by atoms with Crippen LogP contribution in [-0.2, 0) is 4.79 Å². The Morgan fingerprint density at radius 2 is 1.70 bits per heavy atom. The number of nitrogens with one attached hydrogen (secondary N) is 1. The quantitative estimate of drug-likeness (QED) is 0.659. The van der Waals surface area contributed by atoms with Crippen molar-refractivity contribution in [1.29, 1.82) is 0 Å². The summed E-state index contributed by atoms with van der Waals surface area (Å²) in [5.74, 6) is -1.08. The molecule has 0 aliphatic carbocycles. The summed E-state index contributed by atoms with van der Waals surface area (Å²) in [4.78, 5) is 10.4. The van der Waals surface area contributed by atoms with Gasteiger partial charge in [-0.05, 0) is 32.6 Å². The predicted octanol–water partition coefficient (Wildman–Crippen LogP) is 2.20. The molecule has 20 heavy (non-hydrogen) atoms. The van der Waals surface area contributed by atoms with Gasteiger partial charge in [-0.3, -0.25) is 4.90 Å². The van der Waals surface area contributed by atoms with Crippen molar-refractivity contribution in [2.24, 2.45) is 0 Å². The summed E-state index contributed by atoms with van der Waals surface area (Å²) in [5, 5.41) is 8.89. The van der Waals surface area contributed by atoms with Gasteiger partial charge in [-0.2, -0.15) is 0 Å². The number of hydrogen-bond acceptors (Lipinski definition) is 2. The van der Waals surface area contributed by atoms with Crippen LogP contribution in [0.1, 0.15) is 72.1 Å². The van der Waals surface area contributed by atoms with Gasteiger partial charge in [0.05, 0.1) is 12.7 Å².